The van der Waals surface area contributed by atoms with Crippen molar-refractivity contribution in [2.45, 2.75) is 13.3 Å². The van der Waals surface area contributed by atoms with Crippen molar-refractivity contribution in [2.75, 3.05) is 0 Å². The van der Waals surface area contributed by atoms with E-state index in [1.807, 2.05) is 37.3 Å². The number of aromatic nitrogens is 1. The number of aromatic amines is 1. The Morgan fingerprint density at radius 3 is 2.90 bits per heavy atom. The van der Waals surface area contributed by atoms with Crippen molar-refractivity contribution >= 4 is 17.0 Å². The Labute approximate surface area is 118 Å². The van der Waals surface area contributed by atoms with Gasteiger partial charge >= 0.3 is 0 Å². The van der Waals surface area contributed by atoms with Gasteiger partial charge in [-0.3, -0.25) is 4.79 Å². The third-order valence-corrected chi connectivity index (χ3v) is 3.71. The molecule has 100 valence electrons. The van der Waals surface area contributed by atoms with Gasteiger partial charge in [0, 0.05) is 22.2 Å². The summed E-state index contributed by atoms with van der Waals surface area (Å²) >= 11 is 0. The van der Waals surface area contributed by atoms with Gasteiger partial charge in [-0.25, -0.2) is 0 Å². The molecule has 1 atom stereocenters. The number of fused-ring (bicyclic) bond motifs is 1. The lowest BCUT2D eigenvalue weighted by molar-refractivity contribution is 0.826. The van der Waals surface area contributed by atoms with Gasteiger partial charge in [-0.1, -0.05) is 42.5 Å². The molecule has 1 heterocycles. The van der Waals surface area contributed by atoms with E-state index in [0.717, 1.165) is 28.6 Å². The molecule has 0 bridgehead atoms. The quantitative estimate of drug-likeness (QED) is 0.873. The van der Waals surface area contributed by atoms with Gasteiger partial charge in [-0.15, -0.1) is 0 Å². The standard InChI is InChI=1S/C18H17NO/c1-13-16(12-11-14-7-3-2-4-8-14)19-17-10-6-5-9-15(17)18(13)20/h2-7,9-12,14H,8H2,1H3,(H,19,20)/b12-11+. The van der Waals surface area contributed by atoms with Gasteiger partial charge in [0.25, 0.3) is 0 Å². The number of allylic oxidation sites excluding steroid dienone is 5. The highest BCUT2D eigenvalue weighted by Crippen LogP contribution is 2.16. The van der Waals surface area contributed by atoms with Crippen LogP contribution >= 0.6 is 0 Å². The second-order valence-corrected chi connectivity index (χ2v) is 5.11. The lowest BCUT2D eigenvalue weighted by Gasteiger charge is -2.08. The third-order valence-electron chi connectivity index (χ3n) is 3.71. The Morgan fingerprint density at radius 2 is 2.10 bits per heavy atom. The molecule has 0 spiro atoms. The molecule has 0 radical (unpaired) electrons. The van der Waals surface area contributed by atoms with Crippen molar-refractivity contribution in [1.29, 1.82) is 0 Å². The van der Waals surface area contributed by atoms with Crippen molar-refractivity contribution in [3.8, 4) is 0 Å². The Bertz CT molecular complexity index is 778. The number of H-pyrrole nitrogens is 1. The summed E-state index contributed by atoms with van der Waals surface area (Å²) in [6, 6.07) is 7.64. The topological polar surface area (TPSA) is 32.9 Å². The molecule has 2 nitrogen and oxygen atoms in total. The van der Waals surface area contributed by atoms with Crippen molar-refractivity contribution in [3.63, 3.8) is 0 Å². The van der Waals surface area contributed by atoms with Crippen molar-refractivity contribution in [3.05, 3.63) is 76.1 Å². The highest BCUT2D eigenvalue weighted by Gasteiger charge is 2.06. The molecule has 1 unspecified atom stereocenters. The minimum absolute atomic E-state index is 0.109. The minimum Gasteiger partial charge on any atom is -0.355 e. The maximum absolute atomic E-state index is 12.3. The molecular formula is C18H17NO. The normalized spacial score (nSPS) is 18.1. The zero-order valence-corrected chi connectivity index (χ0v) is 11.5. The van der Waals surface area contributed by atoms with Gasteiger partial charge in [0.15, 0.2) is 5.43 Å². The molecular weight excluding hydrogens is 246 g/mol. The Morgan fingerprint density at radius 1 is 1.25 bits per heavy atom. The monoisotopic (exact) mass is 263 g/mol. The summed E-state index contributed by atoms with van der Waals surface area (Å²) in [5.74, 6) is 0.411. The lowest BCUT2D eigenvalue weighted by Crippen LogP contribution is -2.09. The maximum atomic E-state index is 12.3. The van der Waals surface area contributed by atoms with E-state index in [-0.39, 0.29) is 5.43 Å². The number of rotatable bonds is 2. The van der Waals surface area contributed by atoms with Crippen molar-refractivity contribution in [1.82, 2.24) is 4.98 Å². The SMILES string of the molecule is Cc1c(/C=C/C2C=CC=CC2)[nH]c2ccccc2c1=O. The van der Waals surface area contributed by atoms with E-state index in [0.29, 0.717) is 5.92 Å². The molecule has 0 saturated heterocycles. The van der Waals surface area contributed by atoms with Crippen LogP contribution in [-0.4, -0.2) is 4.98 Å². The maximum Gasteiger partial charge on any atom is 0.192 e. The van der Waals surface area contributed by atoms with Crippen LogP contribution in [0.2, 0.25) is 0 Å². The second-order valence-electron chi connectivity index (χ2n) is 5.11. The fourth-order valence-corrected chi connectivity index (χ4v) is 2.48. The van der Waals surface area contributed by atoms with E-state index in [2.05, 4.69) is 35.4 Å². The highest BCUT2D eigenvalue weighted by atomic mass is 16.1. The van der Waals surface area contributed by atoms with Crippen molar-refractivity contribution in [2.24, 2.45) is 5.92 Å². The summed E-state index contributed by atoms with van der Waals surface area (Å²) < 4.78 is 0. The summed E-state index contributed by atoms with van der Waals surface area (Å²) in [4.78, 5) is 15.7. The van der Waals surface area contributed by atoms with Crippen LogP contribution in [0.5, 0.6) is 0 Å². The number of pyridine rings is 1. The second kappa shape index (κ2) is 5.33. The molecule has 2 aromatic rings. The van der Waals surface area contributed by atoms with E-state index in [9.17, 15) is 4.79 Å². The molecule has 1 aliphatic rings. The first-order valence-electron chi connectivity index (χ1n) is 6.89. The summed E-state index contributed by atoms with van der Waals surface area (Å²) in [5.41, 5.74) is 2.67. The number of nitrogens with one attached hydrogen (secondary N) is 1. The van der Waals surface area contributed by atoms with Crippen LogP contribution in [0.15, 0.2) is 59.4 Å². The smallest absolute Gasteiger partial charge is 0.192 e. The number of benzene rings is 1. The predicted molar refractivity (Wildman–Crippen MR) is 84.7 cm³/mol. The van der Waals surface area contributed by atoms with Gasteiger partial charge in [0.2, 0.25) is 0 Å². The van der Waals surface area contributed by atoms with Gasteiger partial charge < -0.3 is 4.98 Å². The van der Waals surface area contributed by atoms with Crippen LogP contribution < -0.4 is 5.43 Å². The molecule has 0 amide bonds. The van der Waals surface area contributed by atoms with E-state index in [1.54, 1.807) is 0 Å². The molecule has 1 N–H and O–H groups in total. The Balaban J connectivity index is 2.01. The van der Waals surface area contributed by atoms with E-state index in [4.69, 9.17) is 0 Å². The fourth-order valence-electron chi connectivity index (χ4n) is 2.48. The van der Waals surface area contributed by atoms with Gasteiger partial charge in [0.1, 0.15) is 0 Å². The highest BCUT2D eigenvalue weighted by molar-refractivity contribution is 5.80. The van der Waals surface area contributed by atoms with Crippen LogP contribution in [0.1, 0.15) is 17.7 Å². The van der Waals surface area contributed by atoms with Crippen LogP contribution in [0.25, 0.3) is 17.0 Å². The van der Waals surface area contributed by atoms with E-state index >= 15 is 0 Å². The van der Waals surface area contributed by atoms with Crippen LogP contribution in [0.4, 0.5) is 0 Å². The molecule has 1 aromatic heterocycles. The van der Waals surface area contributed by atoms with Crippen LogP contribution in [-0.2, 0) is 0 Å². The first-order valence-corrected chi connectivity index (χ1v) is 6.89. The van der Waals surface area contributed by atoms with Gasteiger partial charge in [-0.2, -0.15) is 0 Å². The first kappa shape index (κ1) is 12.7. The summed E-state index contributed by atoms with van der Waals surface area (Å²) in [5, 5.41) is 0.752. The molecule has 1 aliphatic carbocycles. The third kappa shape index (κ3) is 2.37. The number of para-hydroxylation sites is 1. The van der Waals surface area contributed by atoms with Crippen LogP contribution in [0.3, 0.4) is 0 Å². The van der Waals surface area contributed by atoms with E-state index < -0.39 is 0 Å². The lowest BCUT2D eigenvalue weighted by atomic mass is 9.99. The Kier molecular flexibility index (Phi) is 3.38. The molecule has 1 aromatic carbocycles. The zero-order chi connectivity index (χ0) is 13.9. The van der Waals surface area contributed by atoms with Gasteiger partial charge in [-0.05, 0) is 37.5 Å². The van der Waals surface area contributed by atoms with E-state index in [1.165, 1.54) is 0 Å². The molecule has 3 rings (SSSR count). The number of hydrogen-bond acceptors (Lipinski definition) is 1. The molecule has 0 saturated carbocycles. The molecule has 0 aliphatic heterocycles. The predicted octanol–water partition coefficient (Wildman–Crippen LogP) is 3.98. The zero-order valence-electron chi connectivity index (χ0n) is 11.5. The summed E-state index contributed by atoms with van der Waals surface area (Å²) in [6.07, 6.45) is 13.6. The van der Waals surface area contributed by atoms with Gasteiger partial charge in [0.05, 0.1) is 0 Å². The summed E-state index contributed by atoms with van der Waals surface area (Å²) in [7, 11) is 0. The average molecular weight is 263 g/mol. The number of hydrogen-bond donors (Lipinski definition) is 1. The molecule has 0 fully saturated rings. The molecule has 2 heteroatoms. The first-order chi connectivity index (χ1) is 9.75. The average Bonchev–Trinajstić information content (AvgIpc) is 2.50. The largest absolute Gasteiger partial charge is 0.355 e. The fraction of sp³-hybridized carbons (Fsp3) is 0.167. The Hall–Kier alpha value is -2.35. The molecule has 20 heavy (non-hydrogen) atoms. The summed E-state index contributed by atoms with van der Waals surface area (Å²) in [6.45, 7) is 1.88. The van der Waals surface area contributed by atoms with Crippen molar-refractivity contribution < 1.29 is 0 Å². The minimum atomic E-state index is 0.109. The van der Waals surface area contributed by atoms with Crippen LogP contribution in [0, 0.1) is 12.8 Å².